The summed E-state index contributed by atoms with van der Waals surface area (Å²) in [4.78, 5) is 14.5. The molecule has 1 aliphatic rings. The molecule has 0 aliphatic carbocycles. The van der Waals surface area contributed by atoms with E-state index in [-0.39, 0.29) is 11.9 Å². The van der Waals surface area contributed by atoms with Gasteiger partial charge in [0.2, 0.25) is 0 Å². The Balaban J connectivity index is 1.85. The molecule has 1 amide bonds. The molecule has 0 saturated carbocycles. The second kappa shape index (κ2) is 6.32. The van der Waals surface area contributed by atoms with Crippen molar-refractivity contribution in [2.45, 2.75) is 19.4 Å². The number of nitrogens with zero attached hydrogens (tertiary/aromatic N) is 3. The van der Waals surface area contributed by atoms with Crippen molar-refractivity contribution in [3.8, 4) is 0 Å². The second-order valence-electron chi connectivity index (χ2n) is 5.10. The van der Waals surface area contributed by atoms with E-state index >= 15 is 0 Å². The summed E-state index contributed by atoms with van der Waals surface area (Å²) in [7, 11) is 0. The lowest BCUT2D eigenvalue weighted by Gasteiger charge is -2.36. The van der Waals surface area contributed by atoms with E-state index in [9.17, 15) is 4.79 Å². The monoisotopic (exact) mass is 302 g/mol. The Morgan fingerprint density at radius 1 is 1.43 bits per heavy atom. The van der Waals surface area contributed by atoms with E-state index in [0.29, 0.717) is 12.2 Å². The van der Waals surface area contributed by atoms with Crippen LogP contribution >= 0.6 is 11.5 Å². The average Bonchev–Trinajstić information content (AvgIpc) is 3.09. The molecule has 2 heterocycles. The summed E-state index contributed by atoms with van der Waals surface area (Å²) in [6, 6.07) is 8.57. The molecule has 110 valence electrons. The van der Waals surface area contributed by atoms with Gasteiger partial charge < -0.3 is 10.2 Å². The van der Waals surface area contributed by atoms with Crippen LogP contribution < -0.4 is 5.32 Å². The van der Waals surface area contributed by atoms with Gasteiger partial charge in [0.05, 0.1) is 6.04 Å². The molecule has 1 aromatic heterocycles. The molecule has 21 heavy (non-hydrogen) atoms. The number of rotatable bonds is 3. The minimum absolute atomic E-state index is 0.0326. The van der Waals surface area contributed by atoms with Crippen molar-refractivity contribution in [3.63, 3.8) is 0 Å². The van der Waals surface area contributed by atoms with E-state index in [1.165, 1.54) is 17.1 Å². The Hall–Kier alpha value is -1.79. The first-order valence-corrected chi connectivity index (χ1v) is 8.01. The van der Waals surface area contributed by atoms with Crippen molar-refractivity contribution in [1.29, 1.82) is 0 Å². The summed E-state index contributed by atoms with van der Waals surface area (Å²) >= 11 is 1.21. The third kappa shape index (κ3) is 2.96. The Bertz CT molecular complexity index is 597. The fourth-order valence-electron chi connectivity index (χ4n) is 2.63. The first-order chi connectivity index (χ1) is 10.3. The summed E-state index contributed by atoms with van der Waals surface area (Å²) < 4.78 is 3.79. The molecule has 3 rings (SSSR count). The third-order valence-corrected chi connectivity index (χ3v) is 4.36. The summed E-state index contributed by atoms with van der Waals surface area (Å²) in [5.74, 6) is -0.0326. The molecule has 5 nitrogen and oxygen atoms in total. The van der Waals surface area contributed by atoms with Gasteiger partial charge in [0.25, 0.3) is 5.91 Å². The van der Waals surface area contributed by atoms with Crippen LogP contribution in [0, 0.1) is 0 Å². The number of carbonyl (C=O) groups is 1. The molecule has 1 atom stereocenters. The average molecular weight is 302 g/mol. The molecule has 1 unspecified atom stereocenters. The molecule has 2 aromatic rings. The lowest BCUT2D eigenvalue weighted by molar-refractivity contribution is 0.0628. The standard InChI is InChI=1S/C15H18N4OS/c1-2-11-3-5-12(6-4-11)14-9-16-7-8-19(14)15(20)13-10-21-18-17-13/h3-6,10,14,16H,2,7-9H2,1H3. The van der Waals surface area contributed by atoms with Crippen LogP contribution in [0.3, 0.4) is 0 Å². The predicted octanol–water partition coefficient (Wildman–Crippen LogP) is 1.89. The molecule has 0 spiro atoms. The Labute approximate surface area is 128 Å². The number of amides is 1. The van der Waals surface area contributed by atoms with Crippen molar-refractivity contribution in [2.75, 3.05) is 19.6 Å². The van der Waals surface area contributed by atoms with Gasteiger partial charge in [-0.15, -0.1) is 5.10 Å². The van der Waals surface area contributed by atoms with Crippen molar-refractivity contribution in [2.24, 2.45) is 0 Å². The van der Waals surface area contributed by atoms with Gasteiger partial charge in [0.15, 0.2) is 5.69 Å². The van der Waals surface area contributed by atoms with Crippen molar-refractivity contribution in [3.05, 3.63) is 46.5 Å². The van der Waals surface area contributed by atoms with Crippen LogP contribution in [0.15, 0.2) is 29.6 Å². The molecule has 1 aliphatic heterocycles. The zero-order valence-electron chi connectivity index (χ0n) is 12.0. The van der Waals surface area contributed by atoms with E-state index in [4.69, 9.17) is 0 Å². The maximum atomic E-state index is 12.6. The minimum atomic E-state index is -0.0326. The lowest BCUT2D eigenvalue weighted by atomic mass is 10.0. The predicted molar refractivity (Wildman–Crippen MR) is 82.4 cm³/mol. The maximum Gasteiger partial charge on any atom is 0.275 e. The van der Waals surface area contributed by atoms with Gasteiger partial charge in [0, 0.05) is 25.0 Å². The number of carbonyl (C=O) groups excluding carboxylic acids is 1. The molecule has 6 heteroatoms. The number of aromatic nitrogens is 2. The third-order valence-electron chi connectivity index (χ3n) is 3.86. The number of hydrogen-bond donors (Lipinski definition) is 1. The number of nitrogens with one attached hydrogen (secondary N) is 1. The van der Waals surface area contributed by atoms with Gasteiger partial charge in [-0.05, 0) is 29.1 Å². The summed E-state index contributed by atoms with van der Waals surface area (Å²) in [6.07, 6.45) is 1.02. The van der Waals surface area contributed by atoms with Crippen LogP contribution in [-0.2, 0) is 6.42 Å². The van der Waals surface area contributed by atoms with Crippen molar-refractivity contribution in [1.82, 2.24) is 19.8 Å². The molecule has 0 radical (unpaired) electrons. The number of hydrogen-bond acceptors (Lipinski definition) is 5. The van der Waals surface area contributed by atoms with Gasteiger partial charge in [-0.2, -0.15) is 0 Å². The molecule has 1 saturated heterocycles. The highest BCUT2D eigenvalue weighted by molar-refractivity contribution is 7.03. The topological polar surface area (TPSA) is 58.1 Å². The second-order valence-corrected chi connectivity index (χ2v) is 5.71. The lowest BCUT2D eigenvalue weighted by Crippen LogP contribution is -2.48. The quantitative estimate of drug-likeness (QED) is 0.940. The van der Waals surface area contributed by atoms with Gasteiger partial charge in [-0.3, -0.25) is 4.79 Å². The zero-order chi connectivity index (χ0) is 14.7. The van der Waals surface area contributed by atoms with Gasteiger partial charge >= 0.3 is 0 Å². The largest absolute Gasteiger partial charge is 0.328 e. The van der Waals surface area contributed by atoms with Crippen LogP contribution in [0.4, 0.5) is 0 Å². The van der Waals surface area contributed by atoms with Crippen LogP contribution in [0.25, 0.3) is 0 Å². The minimum Gasteiger partial charge on any atom is -0.328 e. The van der Waals surface area contributed by atoms with Crippen LogP contribution in [0.5, 0.6) is 0 Å². The Morgan fingerprint density at radius 3 is 2.90 bits per heavy atom. The molecule has 1 fully saturated rings. The highest BCUT2D eigenvalue weighted by Crippen LogP contribution is 2.24. The van der Waals surface area contributed by atoms with E-state index in [1.807, 2.05) is 4.90 Å². The van der Waals surface area contributed by atoms with Gasteiger partial charge in [0.1, 0.15) is 0 Å². The first kappa shape index (κ1) is 14.2. The van der Waals surface area contributed by atoms with Crippen LogP contribution in [0.2, 0.25) is 0 Å². The normalized spacial score (nSPS) is 18.7. The van der Waals surface area contributed by atoms with Crippen molar-refractivity contribution >= 4 is 17.4 Å². The summed E-state index contributed by atoms with van der Waals surface area (Å²) in [5.41, 5.74) is 2.91. The SMILES string of the molecule is CCc1ccc(C2CNCCN2C(=O)c2csnn2)cc1. The maximum absolute atomic E-state index is 12.6. The summed E-state index contributed by atoms with van der Waals surface area (Å²) in [5, 5.41) is 8.98. The zero-order valence-corrected chi connectivity index (χ0v) is 12.8. The van der Waals surface area contributed by atoms with Gasteiger partial charge in [-0.1, -0.05) is 35.7 Å². The van der Waals surface area contributed by atoms with Crippen molar-refractivity contribution < 1.29 is 4.79 Å². The molecular weight excluding hydrogens is 284 g/mol. The number of aryl methyl sites for hydroxylation is 1. The fraction of sp³-hybridized carbons (Fsp3) is 0.400. The molecule has 0 bridgehead atoms. The highest BCUT2D eigenvalue weighted by Gasteiger charge is 2.29. The van der Waals surface area contributed by atoms with E-state index in [2.05, 4.69) is 46.1 Å². The van der Waals surface area contributed by atoms with E-state index < -0.39 is 0 Å². The van der Waals surface area contributed by atoms with Gasteiger partial charge in [-0.25, -0.2) is 0 Å². The van der Waals surface area contributed by atoms with Crippen LogP contribution in [-0.4, -0.2) is 40.0 Å². The molecular formula is C15H18N4OS. The molecule has 1 N–H and O–H groups in total. The van der Waals surface area contributed by atoms with E-state index in [0.717, 1.165) is 25.1 Å². The number of benzene rings is 1. The Morgan fingerprint density at radius 2 is 2.24 bits per heavy atom. The van der Waals surface area contributed by atoms with E-state index in [1.54, 1.807) is 5.38 Å². The highest BCUT2D eigenvalue weighted by atomic mass is 32.1. The fourth-order valence-corrected chi connectivity index (χ4v) is 3.06. The molecule has 1 aromatic carbocycles. The smallest absolute Gasteiger partial charge is 0.275 e. The van der Waals surface area contributed by atoms with Crippen LogP contribution in [0.1, 0.15) is 34.6 Å². The Kier molecular flexibility index (Phi) is 4.26. The number of piperazine rings is 1. The summed E-state index contributed by atoms with van der Waals surface area (Å²) in [6.45, 7) is 4.42. The first-order valence-electron chi connectivity index (χ1n) is 7.17.